The third-order valence-corrected chi connectivity index (χ3v) is 2.73. The fraction of sp³-hybridized carbons (Fsp3) is 0.818. The molecule has 1 aliphatic heterocycles. The van der Waals surface area contributed by atoms with E-state index in [2.05, 4.69) is 16.0 Å². The van der Waals surface area contributed by atoms with E-state index in [1.807, 2.05) is 0 Å². The molecule has 6 heteroatoms. The molecule has 1 unspecified atom stereocenters. The molecule has 0 aromatic carbocycles. The van der Waals surface area contributed by atoms with Crippen molar-refractivity contribution in [1.29, 1.82) is 0 Å². The lowest BCUT2D eigenvalue weighted by Gasteiger charge is -2.22. The van der Waals surface area contributed by atoms with E-state index in [0.717, 1.165) is 25.8 Å². The zero-order valence-electron chi connectivity index (χ0n) is 10.6. The number of hydrogen-bond acceptors (Lipinski definition) is 3. The third kappa shape index (κ3) is 5.04. The molecule has 6 nitrogen and oxygen atoms in total. The van der Waals surface area contributed by atoms with Gasteiger partial charge in [-0.2, -0.15) is 0 Å². The summed E-state index contributed by atoms with van der Waals surface area (Å²) in [7, 11) is 3.36. The molecule has 3 amide bonds. The van der Waals surface area contributed by atoms with Crippen molar-refractivity contribution < 1.29 is 9.59 Å². The van der Waals surface area contributed by atoms with Crippen LogP contribution in [-0.2, 0) is 4.79 Å². The minimum atomic E-state index is -0.143. The summed E-state index contributed by atoms with van der Waals surface area (Å²) >= 11 is 0. The highest BCUT2D eigenvalue weighted by atomic mass is 16.2. The number of piperidine rings is 1. The summed E-state index contributed by atoms with van der Waals surface area (Å²) in [5, 5.41) is 8.68. The molecule has 0 radical (unpaired) electrons. The molecule has 1 saturated heterocycles. The maximum atomic E-state index is 11.7. The molecule has 0 aliphatic carbocycles. The summed E-state index contributed by atoms with van der Waals surface area (Å²) in [5.41, 5.74) is 0. The van der Waals surface area contributed by atoms with Gasteiger partial charge in [-0.3, -0.25) is 4.79 Å². The van der Waals surface area contributed by atoms with Gasteiger partial charge in [0.2, 0.25) is 5.91 Å². The van der Waals surface area contributed by atoms with Crippen LogP contribution < -0.4 is 16.0 Å². The van der Waals surface area contributed by atoms with Crippen molar-refractivity contribution in [3.05, 3.63) is 0 Å². The standard InChI is InChI=1S/C11H22N4O2/c1-15(2)11(17)14-8-7-13-10(16)9-5-3-4-6-12-9/h9,12H,3-8H2,1-2H3,(H,13,16)(H,14,17). The molecule has 1 aliphatic rings. The Morgan fingerprint density at radius 1 is 1.24 bits per heavy atom. The van der Waals surface area contributed by atoms with E-state index in [9.17, 15) is 9.59 Å². The van der Waals surface area contributed by atoms with Crippen molar-refractivity contribution in [2.24, 2.45) is 0 Å². The maximum Gasteiger partial charge on any atom is 0.316 e. The zero-order valence-corrected chi connectivity index (χ0v) is 10.6. The zero-order chi connectivity index (χ0) is 12.7. The monoisotopic (exact) mass is 242 g/mol. The topological polar surface area (TPSA) is 73.5 Å². The van der Waals surface area contributed by atoms with E-state index < -0.39 is 0 Å². The quantitative estimate of drug-likeness (QED) is 0.583. The SMILES string of the molecule is CN(C)C(=O)NCCNC(=O)C1CCCCN1. The molecule has 17 heavy (non-hydrogen) atoms. The Kier molecular flexibility index (Phi) is 5.76. The molecule has 1 rings (SSSR count). The lowest BCUT2D eigenvalue weighted by atomic mass is 10.0. The Morgan fingerprint density at radius 2 is 1.94 bits per heavy atom. The number of nitrogens with zero attached hydrogens (tertiary/aromatic N) is 1. The van der Waals surface area contributed by atoms with Crippen LogP contribution in [0.25, 0.3) is 0 Å². The van der Waals surface area contributed by atoms with Gasteiger partial charge < -0.3 is 20.9 Å². The molecule has 1 atom stereocenters. The minimum Gasteiger partial charge on any atom is -0.353 e. The number of carbonyl (C=O) groups excluding carboxylic acids is 2. The number of amides is 3. The van der Waals surface area contributed by atoms with Crippen molar-refractivity contribution >= 4 is 11.9 Å². The second-order valence-corrected chi connectivity index (χ2v) is 4.42. The average Bonchev–Trinajstić information content (AvgIpc) is 2.35. The van der Waals surface area contributed by atoms with Gasteiger partial charge in [0.05, 0.1) is 6.04 Å². The second-order valence-electron chi connectivity index (χ2n) is 4.42. The van der Waals surface area contributed by atoms with Gasteiger partial charge in [0, 0.05) is 27.2 Å². The van der Waals surface area contributed by atoms with Crippen LogP contribution in [0.2, 0.25) is 0 Å². The van der Waals surface area contributed by atoms with E-state index in [-0.39, 0.29) is 18.0 Å². The first-order valence-corrected chi connectivity index (χ1v) is 6.07. The number of urea groups is 1. The summed E-state index contributed by atoms with van der Waals surface area (Å²) in [5.74, 6) is 0.0313. The van der Waals surface area contributed by atoms with Crippen LogP contribution in [0.4, 0.5) is 4.79 Å². The van der Waals surface area contributed by atoms with Crippen LogP contribution in [0, 0.1) is 0 Å². The van der Waals surface area contributed by atoms with Gasteiger partial charge in [-0.05, 0) is 19.4 Å². The summed E-state index contributed by atoms with van der Waals surface area (Å²) in [4.78, 5) is 24.3. The normalized spacial score (nSPS) is 19.5. The Labute approximate surface area is 102 Å². The highest BCUT2D eigenvalue weighted by Gasteiger charge is 2.19. The Bertz CT molecular complexity index is 262. The lowest BCUT2D eigenvalue weighted by molar-refractivity contribution is -0.123. The maximum absolute atomic E-state index is 11.7. The van der Waals surface area contributed by atoms with Gasteiger partial charge in [0.15, 0.2) is 0 Å². The van der Waals surface area contributed by atoms with Crippen molar-refractivity contribution in [2.75, 3.05) is 33.7 Å². The fourth-order valence-electron chi connectivity index (χ4n) is 1.71. The van der Waals surface area contributed by atoms with Crippen molar-refractivity contribution in [3.8, 4) is 0 Å². The Morgan fingerprint density at radius 3 is 2.53 bits per heavy atom. The average molecular weight is 242 g/mol. The first kappa shape index (κ1) is 13.8. The van der Waals surface area contributed by atoms with E-state index in [0.29, 0.717) is 13.1 Å². The predicted molar refractivity (Wildman–Crippen MR) is 65.7 cm³/mol. The molecular formula is C11H22N4O2. The lowest BCUT2D eigenvalue weighted by Crippen LogP contribution is -2.48. The molecule has 0 saturated carbocycles. The van der Waals surface area contributed by atoms with E-state index >= 15 is 0 Å². The third-order valence-electron chi connectivity index (χ3n) is 2.73. The minimum absolute atomic E-state index is 0.0313. The van der Waals surface area contributed by atoms with Crippen molar-refractivity contribution in [2.45, 2.75) is 25.3 Å². The number of rotatable bonds is 4. The van der Waals surface area contributed by atoms with Crippen LogP contribution >= 0.6 is 0 Å². The van der Waals surface area contributed by atoms with E-state index in [4.69, 9.17) is 0 Å². The molecule has 0 spiro atoms. The molecular weight excluding hydrogens is 220 g/mol. The van der Waals surface area contributed by atoms with Gasteiger partial charge in [-0.1, -0.05) is 6.42 Å². The smallest absolute Gasteiger partial charge is 0.316 e. The largest absolute Gasteiger partial charge is 0.353 e. The number of carbonyl (C=O) groups is 2. The molecule has 98 valence electrons. The van der Waals surface area contributed by atoms with Gasteiger partial charge >= 0.3 is 6.03 Å². The van der Waals surface area contributed by atoms with Crippen LogP contribution in [0.15, 0.2) is 0 Å². The number of nitrogens with one attached hydrogen (secondary N) is 3. The second kappa shape index (κ2) is 7.11. The number of hydrogen-bond donors (Lipinski definition) is 3. The summed E-state index contributed by atoms with van der Waals surface area (Å²) in [6, 6.07) is -0.205. The summed E-state index contributed by atoms with van der Waals surface area (Å²) in [6.45, 7) is 1.83. The van der Waals surface area contributed by atoms with Gasteiger partial charge in [-0.15, -0.1) is 0 Å². The highest BCUT2D eigenvalue weighted by Crippen LogP contribution is 2.06. The first-order valence-electron chi connectivity index (χ1n) is 6.07. The van der Waals surface area contributed by atoms with Crippen LogP contribution in [0.3, 0.4) is 0 Å². The molecule has 0 aromatic heterocycles. The first-order chi connectivity index (χ1) is 8.11. The molecule has 1 heterocycles. The fourth-order valence-corrected chi connectivity index (χ4v) is 1.71. The molecule has 0 aromatic rings. The van der Waals surface area contributed by atoms with E-state index in [1.54, 1.807) is 14.1 Å². The van der Waals surface area contributed by atoms with Crippen LogP contribution in [0.5, 0.6) is 0 Å². The van der Waals surface area contributed by atoms with E-state index in [1.165, 1.54) is 4.90 Å². The van der Waals surface area contributed by atoms with Gasteiger partial charge in [0.25, 0.3) is 0 Å². The summed E-state index contributed by atoms with van der Waals surface area (Å²) < 4.78 is 0. The Hall–Kier alpha value is -1.30. The van der Waals surface area contributed by atoms with Gasteiger partial charge in [-0.25, -0.2) is 4.79 Å². The highest BCUT2D eigenvalue weighted by molar-refractivity contribution is 5.81. The predicted octanol–water partition coefficient (Wildman–Crippen LogP) is -0.484. The van der Waals surface area contributed by atoms with Crippen molar-refractivity contribution in [3.63, 3.8) is 0 Å². The van der Waals surface area contributed by atoms with Gasteiger partial charge in [0.1, 0.15) is 0 Å². The summed E-state index contributed by atoms with van der Waals surface area (Å²) in [6.07, 6.45) is 3.14. The Balaban J connectivity index is 2.09. The molecule has 3 N–H and O–H groups in total. The van der Waals surface area contributed by atoms with Crippen LogP contribution in [-0.4, -0.2) is 56.6 Å². The molecule has 0 bridgehead atoms. The molecule has 1 fully saturated rings. The van der Waals surface area contributed by atoms with Crippen LogP contribution in [0.1, 0.15) is 19.3 Å². The van der Waals surface area contributed by atoms with Crippen molar-refractivity contribution in [1.82, 2.24) is 20.9 Å².